The van der Waals surface area contributed by atoms with E-state index in [1.165, 1.54) is 6.07 Å². The molecule has 3 aliphatic rings. The molecule has 11 heteroatoms. The minimum Gasteiger partial charge on any atom is -0.511 e. The molecular formula is C25H31N3O8. The van der Waals surface area contributed by atoms with Crippen LogP contribution in [0.5, 0.6) is 5.75 Å². The number of Topliss-reactive ketones (excluding diaryl/α,β-unsaturated/α-hetero) is 1. The van der Waals surface area contributed by atoms with Crippen molar-refractivity contribution in [2.45, 2.75) is 31.6 Å². The van der Waals surface area contributed by atoms with Crippen molar-refractivity contribution in [2.24, 2.45) is 17.8 Å². The Bertz CT molecular complexity index is 1230. The fraction of sp³-hybridized carbons (Fsp3) is 0.480. The number of hydrogen-bond donors (Lipinski definition) is 6. The van der Waals surface area contributed by atoms with Crippen molar-refractivity contribution in [1.29, 1.82) is 0 Å². The van der Waals surface area contributed by atoms with Gasteiger partial charge in [-0.1, -0.05) is 0 Å². The van der Waals surface area contributed by atoms with Gasteiger partial charge >= 0.3 is 0 Å². The van der Waals surface area contributed by atoms with Gasteiger partial charge < -0.3 is 30.4 Å². The average molecular weight is 502 g/mol. The molecule has 1 aromatic carbocycles. The zero-order valence-corrected chi connectivity index (χ0v) is 20.7. The zero-order valence-electron chi connectivity index (χ0n) is 20.7. The molecular weight excluding hydrogens is 470 g/mol. The second-order valence-corrected chi connectivity index (χ2v) is 10.2. The highest BCUT2D eigenvalue weighted by Gasteiger charge is 2.61. The quantitative estimate of drug-likeness (QED) is 0.318. The summed E-state index contributed by atoms with van der Waals surface area (Å²) in [6.45, 7) is 1.05. The van der Waals surface area contributed by atoms with Gasteiger partial charge in [-0.3, -0.25) is 24.6 Å². The number of hydrogen-bond acceptors (Lipinski definition) is 10. The number of carbonyl (C=O) groups is 3. The van der Waals surface area contributed by atoms with Crippen LogP contribution < -0.4 is 10.2 Å². The molecule has 0 saturated heterocycles. The number of aliphatic hydroxyl groups excluding tert-OH is 2. The standard InChI is InChI=1S/C25H31N3O8/c1-10(29)26-24(34)19-23(33)20(28(4)5)13-9-11-8-12-14(27(2)3)6-7-15(30)17(12)21(31)16(11)22(32)18(13)25(19,35)36/h6-7,11,13,18,20,30,32-33,35-36H,8-9H2,1-5H3,(H,26,29,34)/t11?,13?,18?,20-/m0/s1. The second kappa shape index (κ2) is 8.61. The van der Waals surface area contributed by atoms with E-state index < -0.39 is 64.3 Å². The Labute approximate surface area is 207 Å². The van der Waals surface area contributed by atoms with Crippen LogP contribution in [0.3, 0.4) is 0 Å². The fourth-order valence-corrected chi connectivity index (χ4v) is 6.16. The molecule has 2 amide bonds. The smallest absolute Gasteiger partial charge is 0.262 e. The van der Waals surface area contributed by atoms with Crippen LogP contribution in [0.15, 0.2) is 34.8 Å². The van der Waals surface area contributed by atoms with Crippen molar-refractivity contribution in [3.8, 4) is 5.75 Å². The third kappa shape index (κ3) is 3.66. The summed E-state index contributed by atoms with van der Waals surface area (Å²) in [5, 5.41) is 57.3. The molecule has 0 radical (unpaired) electrons. The van der Waals surface area contributed by atoms with Gasteiger partial charge in [0, 0.05) is 32.3 Å². The summed E-state index contributed by atoms with van der Waals surface area (Å²) in [5.74, 6) is -10.1. The topological polar surface area (TPSA) is 171 Å². The van der Waals surface area contributed by atoms with Gasteiger partial charge in [0.25, 0.3) is 5.91 Å². The number of phenolic OH excluding ortho intramolecular Hbond substituents is 1. The third-order valence-electron chi connectivity index (χ3n) is 7.45. The van der Waals surface area contributed by atoms with E-state index in [-0.39, 0.29) is 29.7 Å². The van der Waals surface area contributed by atoms with E-state index in [9.17, 15) is 39.9 Å². The van der Waals surface area contributed by atoms with E-state index in [4.69, 9.17) is 0 Å². The number of nitrogens with one attached hydrogen (secondary N) is 1. The molecule has 0 aliphatic heterocycles. The molecule has 1 aromatic rings. The van der Waals surface area contributed by atoms with E-state index in [0.29, 0.717) is 5.56 Å². The number of phenols is 1. The van der Waals surface area contributed by atoms with Crippen molar-refractivity contribution >= 4 is 23.3 Å². The molecule has 4 atom stereocenters. The lowest BCUT2D eigenvalue weighted by Gasteiger charge is -2.51. The van der Waals surface area contributed by atoms with Crippen molar-refractivity contribution in [3.05, 3.63) is 45.9 Å². The SMILES string of the molecule is CC(=O)NC(=O)C1=C(O)[C@@H](N(C)C)C2CC3Cc4c(N(C)C)ccc(O)c4C(=O)C3=C(O)C2C1(O)O. The second-order valence-electron chi connectivity index (χ2n) is 10.2. The predicted octanol–water partition coefficient (Wildman–Crippen LogP) is 0.361. The number of fused-ring (bicyclic) bond motifs is 3. The number of aromatic hydroxyl groups is 1. The van der Waals surface area contributed by atoms with Gasteiger partial charge in [-0.15, -0.1) is 0 Å². The summed E-state index contributed by atoms with van der Waals surface area (Å²) in [4.78, 5) is 41.3. The van der Waals surface area contributed by atoms with Gasteiger partial charge in [-0.05, 0) is 56.5 Å². The van der Waals surface area contributed by atoms with Gasteiger partial charge in [0.15, 0.2) is 5.78 Å². The van der Waals surface area contributed by atoms with Crippen LogP contribution in [-0.4, -0.2) is 88.0 Å². The molecule has 36 heavy (non-hydrogen) atoms. The number of benzene rings is 1. The summed E-state index contributed by atoms with van der Waals surface area (Å²) in [6, 6.07) is 2.17. The van der Waals surface area contributed by atoms with Gasteiger partial charge in [0.2, 0.25) is 11.7 Å². The lowest BCUT2D eigenvalue weighted by Crippen LogP contribution is -2.61. The molecule has 6 N–H and O–H groups in total. The Hall–Kier alpha value is -3.41. The molecule has 0 aromatic heterocycles. The first-order valence-electron chi connectivity index (χ1n) is 11.6. The van der Waals surface area contributed by atoms with Gasteiger partial charge in [0.05, 0.1) is 17.5 Å². The monoisotopic (exact) mass is 501 g/mol. The molecule has 0 heterocycles. The lowest BCUT2D eigenvalue weighted by atomic mass is 9.59. The molecule has 194 valence electrons. The van der Waals surface area contributed by atoms with Crippen LogP contribution in [0.25, 0.3) is 0 Å². The first-order chi connectivity index (χ1) is 16.7. The number of allylic oxidation sites excluding steroid dienone is 1. The third-order valence-corrected chi connectivity index (χ3v) is 7.45. The van der Waals surface area contributed by atoms with E-state index in [1.807, 2.05) is 24.3 Å². The molecule has 4 rings (SSSR count). The first kappa shape index (κ1) is 25.7. The van der Waals surface area contributed by atoms with Crippen LogP contribution in [0.2, 0.25) is 0 Å². The van der Waals surface area contributed by atoms with Crippen LogP contribution in [-0.2, 0) is 16.0 Å². The molecule has 3 aliphatic carbocycles. The van der Waals surface area contributed by atoms with E-state index in [1.54, 1.807) is 25.1 Å². The highest BCUT2D eigenvalue weighted by molar-refractivity contribution is 6.14. The minimum atomic E-state index is -3.09. The molecule has 0 fully saturated rings. The number of imide groups is 1. The number of anilines is 1. The molecule has 0 bridgehead atoms. The normalized spacial score (nSPS) is 26.8. The largest absolute Gasteiger partial charge is 0.511 e. The zero-order chi connectivity index (χ0) is 26.9. The molecule has 11 nitrogen and oxygen atoms in total. The summed E-state index contributed by atoms with van der Waals surface area (Å²) in [5.41, 5.74) is 0.445. The van der Waals surface area contributed by atoms with Crippen LogP contribution >= 0.6 is 0 Å². The van der Waals surface area contributed by atoms with Gasteiger partial charge in [0.1, 0.15) is 22.8 Å². The maximum Gasteiger partial charge on any atom is 0.262 e. The van der Waals surface area contributed by atoms with Crippen molar-refractivity contribution in [1.82, 2.24) is 10.2 Å². The van der Waals surface area contributed by atoms with Gasteiger partial charge in [-0.25, -0.2) is 0 Å². The molecule has 0 saturated carbocycles. The summed E-state index contributed by atoms with van der Waals surface area (Å²) < 4.78 is 0. The maximum atomic E-state index is 13.6. The highest BCUT2D eigenvalue weighted by Crippen LogP contribution is 2.54. The Morgan fingerprint density at radius 1 is 1.06 bits per heavy atom. The Morgan fingerprint density at radius 2 is 1.69 bits per heavy atom. The van der Waals surface area contributed by atoms with Crippen molar-refractivity contribution < 1.29 is 39.9 Å². The summed E-state index contributed by atoms with van der Waals surface area (Å²) in [6.07, 6.45) is 0.465. The maximum absolute atomic E-state index is 13.6. The van der Waals surface area contributed by atoms with Crippen LogP contribution in [0.1, 0.15) is 29.3 Å². The predicted molar refractivity (Wildman–Crippen MR) is 128 cm³/mol. The van der Waals surface area contributed by atoms with Crippen LogP contribution in [0, 0.1) is 17.8 Å². The molecule has 0 spiro atoms. The van der Waals surface area contributed by atoms with E-state index >= 15 is 0 Å². The minimum absolute atomic E-state index is 0.0341. The van der Waals surface area contributed by atoms with Crippen molar-refractivity contribution in [3.63, 3.8) is 0 Å². The van der Waals surface area contributed by atoms with Gasteiger partial charge in [-0.2, -0.15) is 0 Å². The Balaban J connectivity index is 1.93. The van der Waals surface area contributed by atoms with Crippen LogP contribution in [0.4, 0.5) is 5.69 Å². The molecule has 3 unspecified atom stereocenters. The number of amides is 2. The fourth-order valence-electron chi connectivity index (χ4n) is 6.16. The number of nitrogens with zero attached hydrogens (tertiary/aromatic N) is 2. The van der Waals surface area contributed by atoms with E-state index in [0.717, 1.165) is 12.6 Å². The number of carbonyl (C=O) groups excluding carboxylic acids is 3. The lowest BCUT2D eigenvalue weighted by molar-refractivity contribution is -0.201. The first-order valence-corrected chi connectivity index (χ1v) is 11.6. The van der Waals surface area contributed by atoms with Crippen molar-refractivity contribution in [2.75, 3.05) is 33.1 Å². The average Bonchev–Trinajstić information content (AvgIpc) is 2.71. The summed E-state index contributed by atoms with van der Waals surface area (Å²) >= 11 is 0. The van der Waals surface area contributed by atoms with E-state index in [2.05, 4.69) is 0 Å². The number of ketones is 1. The Morgan fingerprint density at radius 3 is 2.25 bits per heavy atom. The number of aliphatic hydroxyl groups is 4. The number of likely N-dealkylation sites (N-methyl/N-ethyl adjacent to an activating group) is 1. The number of rotatable bonds is 3. The highest BCUT2D eigenvalue weighted by atomic mass is 16.5. The Kier molecular flexibility index (Phi) is 6.14. The summed E-state index contributed by atoms with van der Waals surface area (Å²) in [7, 11) is 6.87.